The highest BCUT2D eigenvalue weighted by Crippen LogP contribution is 2.37. The molecule has 0 spiro atoms. The van der Waals surface area contributed by atoms with E-state index in [9.17, 15) is 0 Å². The maximum atomic E-state index is 5.32. The molecule has 0 aliphatic rings. The average molecular weight is 607 g/mol. The maximum absolute atomic E-state index is 5.32. The topological polar surface area (TPSA) is 43.6 Å². The highest BCUT2D eigenvalue weighted by atomic mass is 15.0. The van der Waals surface area contributed by atoms with E-state index in [2.05, 4.69) is 151 Å². The number of pyridine rings is 1. The van der Waals surface area contributed by atoms with Crippen molar-refractivity contribution >= 4 is 21.8 Å². The Morgan fingerprint density at radius 2 is 1.19 bits per heavy atom. The van der Waals surface area contributed by atoms with E-state index in [0.717, 1.165) is 63.6 Å². The van der Waals surface area contributed by atoms with Crippen LogP contribution in [0.2, 0.25) is 0 Å². The molecule has 0 aliphatic heterocycles. The molecule has 0 radical (unpaired) electrons. The Balaban J connectivity index is 1.31. The molecule has 0 fully saturated rings. The summed E-state index contributed by atoms with van der Waals surface area (Å²) in [4.78, 5) is 15.0. The molecule has 4 nitrogen and oxygen atoms in total. The summed E-state index contributed by atoms with van der Waals surface area (Å²) >= 11 is 0. The van der Waals surface area contributed by atoms with Crippen LogP contribution >= 0.6 is 0 Å². The fraction of sp³-hybridized carbons (Fsp3) is 0.0930. The number of benzene rings is 5. The molecule has 0 N–H and O–H groups in total. The van der Waals surface area contributed by atoms with E-state index >= 15 is 0 Å². The number of para-hydroxylation sites is 2. The second-order valence-corrected chi connectivity index (χ2v) is 11.8. The zero-order valence-electron chi connectivity index (χ0n) is 26.6. The fourth-order valence-corrected chi connectivity index (χ4v) is 6.81. The van der Waals surface area contributed by atoms with Crippen LogP contribution in [0.5, 0.6) is 0 Å². The molecule has 47 heavy (non-hydrogen) atoms. The van der Waals surface area contributed by atoms with E-state index in [1.807, 2.05) is 18.5 Å². The maximum Gasteiger partial charge on any atom is 0.160 e. The minimum atomic E-state index is 0.721. The van der Waals surface area contributed by atoms with E-state index in [1.54, 1.807) is 0 Å². The highest BCUT2D eigenvalue weighted by Gasteiger charge is 2.20. The van der Waals surface area contributed by atoms with Crippen molar-refractivity contribution in [3.05, 3.63) is 157 Å². The molecule has 0 unspecified atom stereocenters. The van der Waals surface area contributed by atoms with Gasteiger partial charge in [-0.05, 0) is 72.5 Å². The van der Waals surface area contributed by atoms with Crippen molar-refractivity contribution in [3.63, 3.8) is 0 Å². The van der Waals surface area contributed by atoms with Crippen LogP contribution in [0.25, 0.3) is 72.5 Å². The SMILES string of the molecule is CCc1ccccc1-c1nc(-c2ccc(-n3c4ccccc4c4ccccc43)cc2)nc(-c2cccc(-c3cccnc3)c2)c1CC. The molecule has 5 aromatic carbocycles. The molecule has 4 heteroatoms. The van der Waals surface area contributed by atoms with Gasteiger partial charge in [-0.15, -0.1) is 0 Å². The molecule has 0 amide bonds. The average Bonchev–Trinajstić information content (AvgIpc) is 3.49. The van der Waals surface area contributed by atoms with Crippen molar-refractivity contribution in [2.75, 3.05) is 0 Å². The number of nitrogens with zero attached hydrogens (tertiary/aromatic N) is 4. The number of hydrogen-bond acceptors (Lipinski definition) is 3. The summed E-state index contributed by atoms with van der Waals surface area (Å²) in [5, 5.41) is 2.51. The normalized spacial score (nSPS) is 11.4. The van der Waals surface area contributed by atoms with Crippen molar-refractivity contribution in [1.29, 1.82) is 0 Å². The van der Waals surface area contributed by atoms with Gasteiger partial charge in [-0.1, -0.05) is 98.8 Å². The molecule has 0 saturated heterocycles. The van der Waals surface area contributed by atoms with Gasteiger partial charge < -0.3 is 4.57 Å². The van der Waals surface area contributed by atoms with Crippen molar-refractivity contribution < 1.29 is 0 Å². The largest absolute Gasteiger partial charge is 0.309 e. The van der Waals surface area contributed by atoms with E-state index in [1.165, 1.54) is 32.9 Å². The summed E-state index contributed by atoms with van der Waals surface area (Å²) in [6.45, 7) is 4.41. The van der Waals surface area contributed by atoms with Gasteiger partial charge in [-0.25, -0.2) is 9.97 Å². The standard InChI is InChI=1S/C43H34N4/c1-3-29-13-5-6-17-36(29)42-35(4-2)41(32-15-11-14-31(27-32)33-16-12-26-44-28-33)45-43(46-42)30-22-24-34(25-23-30)47-39-20-9-7-18-37(39)38-19-8-10-21-40(38)47/h5-28H,3-4H2,1-2H3. The Hall–Kier alpha value is -5.87. The second kappa shape index (κ2) is 12.1. The zero-order chi connectivity index (χ0) is 31.7. The van der Waals surface area contributed by atoms with Crippen LogP contribution in [-0.4, -0.2) is 19.5 Å². The van der Waals surface area contributed by atoms with E-state index in [0.29, 0.717) is 0 Å². The Morgan fingerprint density at radius 3 is 1.89 bits per heavy atom. The van der Waals surface area contributed by atoms with Crippen LogP contribution in [0.4, 0.5) is 0 Å². The van der Waals surface area contributed by atoms with Crippen LogP contribution in [0.3, 0.4) is 0 Å². The minimum absolute atomic E-state index is 0.721. The summed E-state index contributed by atoms with van der Waals surface area (Å²) < 4.78 is 2.34. The molecule has 0 bridgehead atoms. The molecule has 0 atom stereocenters. The van der Waals surface area contributed by atoms with Crippen LogP contribution in [0.15, 0.2) is 146 Å². The number of aromatic nitrogens is 4. The first kappa shape index (κ1) is 28.6. The molecule has 0 aliphatic carbocycles. The summed E-state index contributed by atoms with van der Waals surface area (Å²) in [6.07, 6.45) is 5.46. The summed E-state index contributed by atoms with van der Waals surface area (Å²) in [5.74, 6) is 0.721. The minimum Gasteiger partial charge on any atom is -0.309 e. The zero-order valence-corrected chi connectivity index (χ0v) is 26.6. The number of rotatable bonds is 7. The van der Waals surface area contributed by atoms with Gasteiger partial charge in [-0.3, -0.25) is 4.98 Å². The molecular weight excluding hydrogens is 573 g/mol. The van der Waals surface area contributed by atoms with Crippen LogP contribution in [0, 0.1) is 0 Å². The predicted molar refractivity (Wildman–Crippen MR) is 195 cm³/mol. The first-order valence-electron chi connectivity index (χ1n) is 16.3. The third-order valence-corrected chi connectivity index (χ3v) is 9.11. The van der Waals surface area contributed by atoms with Gasteiger partial charge in [0.15, 0.2) is 5.82 Å². The lowest BCUT2D eigenvalue weighted by atomic mass is 9.93. The molecule has 0 saturated carbocycles. The quantitative estimate of drug-likeness (QED) is 0.181. The van der Waals surface area contributed by atoms with Gasteiger partial charge >= 0.3 is 0 Å². The molecule has 8 rings (SSSR count). The first-order chi connectivity index (χ1) is 23.2. The Labute approximate surface area is 275 Å². The van der Waals surface area contributed by atoms with Gasteiger partial charge in [-0.2, -0.15) is 0 Å². The number of aryl methyl sites for hydroxylation is 1. The molecule has 3 heterocycles. The summed E-state index contributed by atoms with van der Waals surface area (Å²) in [7, 11) is 0. The molecule has 8 aromatic rings. The van der Waals surface area contributed by atoms with Crippen LogP contribution in [0.1, 0.15) is 25.0 Å². The highest BCUT2D eigenvalue weighted by molar-refractivity contribution is 6.09. The monoisotopic (exact) mass is 606 g/mol. The van der Waals surface area contributed by atoms with E-state index < -0.39 is 0 Å². The van der Waals surface area contributed by atoms with Gasteiger partial charge in [0.05, 0.1) is 22.4 Å². The second-order valence-electron chi connectivity index (χ2n) is 11.8. The third kappa shape index (κ3) is 5.08. The fourth-order valence-electron chi connectivity index (χ4n) is 6.81. The Bertz CT molecular complexity index is 2320. The predicted octanol–water partition coefficient (Wildman–Crippen LogP) is 10.8. The third-order valence-electron chi connectivity index (χ3n) is 9.11. The first-order valence-corrected chi connectivity index (χ1v) is 16.3. The van der Waals surface area contributed by atoms with Crippen molar-refractivity contribution in [1.82, 2.24) is 19.5 Å². The van der Waals surface area contributed by atoms with Gasteiger partial charge in [0.2, 0.25) is 0 Å². The van der Waals surface area contributed by atoms with Crippen LogP contribution < -0.4 is 0 Å². The lowest BCUT2D eigenvalue weighted by Crippen LogP contribution is -2.04. The lowest BCUT2D eigenvalue weighted by molar-refractivity contribution is 1.05. The molecule has 3 aromatic heterocycles. The lowest BCUT2D eigenvalue weighted by Gasteiger charge is -2.18. The van der Waals surface area contributed by atoms with Crippen molar-refractivity contribution in [2.24, 2.45) is 0 Å². The number of fused-ring (bicyclic) bond motifs is 3. The van der Waals surface area contributed by atoms with Gasteiger partial charge in [0.25, 0.3) is 0 Å². The summed E-state index contributed by atoms with van der Waals surface area (Å²) in [6, 6.07) is 47.2. The molecule has 226 valence electrons. The smallest absolute Gasteiger partial charge is 0.160 e. The van der Waals surface area contributed by atoms with Crippen LogP contribution in [-0.2, 0) is 12.8 Å². The Kier molecular flexibility index (Phi) is 7.39. The summed E-state index contributed by atoms with van der Waals surface area (Å²) in [5.41, 5.74) is 13.3. The van der Waals surface area contributed by atoms with Gasteiger partial charge in [0.1, 0.15) is 0 Å². The number of hydrogen-bond donors (Lipinski definition) is 0. The van der Waals surface area contributed by atoms with Crippen molar-refractivity contribution in [2.45, 2.75) is 26.7 Å². The van der Waals surface area contributed by atoms with Crippen molar-refractivity contribution in [3.8, 4) is 50.7 Å². The Morgan fingerprint density at radius 1 is 0.532 bits per heavy atom. The van der Waals surface area contributed by atoms with Gasteiger partial charge in [0, 0.05) is 56.7 Å². The van der Waals surface area contributed by atoms with E-state index in [-0.39, 0.29) is 0 Å². The van der Waals surface area contributed by atoms with E-state index in [4.69, 9.17) is 9.97 Å². The molecular formula is C43H34N4.